The number of hydrogen-bond donors (Lipinski definition) is 4. The minimum Gasteiger partial charge on any atom is -0.493 e. The molecular weight excluding hydrogens is 1020 g/mol. The maximum absolute atomic E-state index is 14.1. The van der Waals surface area contributed by atoms with Crippen molar-refractivity contribution < 1.29 is 52.6 Å². The Bertz CT molecular complexity index is 3390. The molecule has 5 heterocycles. The van der Waals surface area contributed by atoms with Gasteiger partial charge in [-0.15, -0.1) is 0 Å². The molecule has 0 aliphatic carbocycles. The molecule has 4 atom stereocenters. The molecule has 5 aliphatic rings. The summed E-state index contributed by atoms with van der Waals surface area (Å²) in [4.78, 5) is 113. The SMILES string of the molecule is COc1cc2c(cc1OCc1cc(COc3cc4c(cc3C)C(=O)N3c5ccccc5C[C@H]3CC4)cc(NC(=O)[C@H](C)NC(=O)[C@H](C)NC(=O)CCCCC(=O)NCCN3C(=O)C=CC3=O)c1)N=C[C@@H]1Cc3ccccc3N1C2=O. The van der Waals surface area contributed by atoms with Crippen molar-refractivity contribution >= 4 is 76.2 Å². The van der Waals surface area contributed by atoms with Gasteiger partial charge in [0.2, 0.25) is 23.6 Å². The van der Waals surface area contributed by atoms with Gasteiger partial charge in [0.05, 0.1) is 24.4 Å². The summed E-state index contributed by atoms with van der Waals surface area (Å²) in [7, 11) is 1.50. The van der Waals surface area contributed by atoms with Gasteiger partial charge in [0.25, 0.3) is 23.6 Å². The Hall–Kier alpha value is -9.13. The Labute approximate surface area is 462 Å². The van der Waals surface area contributed by atoms with Crippen LogP contribution in [0.4, 0.5) is 22.7 Å². The average molecular weight is 1080 g/mol. The Morgan fingerprint density at radius 2 is 1.31 bits per heavy atom. The van der Waals surface area contributed by atoms with Gasteiger partial charge in [-0.1, -0.05) is 36.4 Å². The highest BCUT2D eigenvalue weighted by Crippen LogP contribution is 2.42. The Kier molecular flexibility index (Phi) is 15.9. The van der Waals surface area contributed by atoms with Gasteiger partial charge >= 0.3 is 0 Å². The zero-order chi connectivity index (χ0) is 56.2. The van der Waals surface area contributed by atoms with Gasteiger partial charge in [-0.3, -0.25) is 53.1 Å². The molecule has 0 saturated heterocycles. The van der Waals surface area contributed by atoms with Gasteiger partial charge in [-0.25, -0.2) is 0 Å². The number of unbranched alkanes of at least 4 members (excludes halogenated alkanes) is 1. The Morgan fingerprint density at radius 1 is 0.675 bits per heavy atom. The van der Waals surface area contributed by atoms with Gasteiger partial charge in [-0.05, 0) is 135 Å². The lowest BCUT2D eigenvalue weighted by Crippen LogP contribution is -2.50. The topological polar surface area (TPSA) is 234 Å². The molecule has 0 spiro atoms. The molecule has 4 N–H and O–H groups in total. The van der Waals surface area contributed by atoms with Crippen molar-refractivity contribution in [2.75, 3.05) is 35.3 Å². The van der Waals surface area contributed by atoms with Crippen LogP contribution in [0, 0.1) is 6.92 Å². The minimum atomic E-state index is -1.04. The number of para-hydroxylation sites is 2. The fraction of sp³-hybridized carbons (Fsp3) is 0.328. The number of aliphatic imine (C=N–C) groups is 1. The summed E-state index contributed by atoms with van der Waals surface area (Å²) in [6.07, 6.45) is 8.04. The third-order valence-corrected chi connectivity index (χ3v) is 15.0. The number of aryl methyl sites for hydroxylation is 2. The van der Waals surface area contributed by atoms with Crippen molar-refractivity contribution in [2.45, 2.75) is 110 Å². The largest absolute Gasteiger partial charge is 0.493 e. The van der Waals surface area contributed by atoms with Crippen LogP contribution in [0.2, 0.25) is 0 Å². The summed E-state index contributed by atoms with van der Waals surface area (Å²) in [6, 6.07) is 26.3. The first-order chi connectivity index (χ1) is 38.6. The maximum atomic E-state index is 14.1. The van der Waals surface area contributed by atoms with Crippen LogP contribution in [0.1, 0.15) is 100 Å². The van der Waals surface area contributed by atoms with Crippen molar-refractivity contribution in [2.24, 2.45) is 4.99 Å². The number of amides is 8. The molecule has 0 aromatic heterocycles. The zero-order valence-corrected chi connectivity index (χ0v) is 45.0. The second kappa shape index (κ2) is 23.5. The molecule has 5 aromatic carbocycles. The number of rotatable bonds is 20. The molecule has 80 heavy (non-hydrogen) atoms. The molecule has 0 saturated carbocycles. The Morgan fingerprint density at radius 3 is 2.02 bits per heavy atom. The fourth-order valence-corrected chi connectivity index (χ4v) is 10.9. The van der Waals surface area contributed by atoms with Crippen molar-refractivity contribution in [1.29, 1.82) is 0 Å². The summed E-state index contributed by atoms with van der Waals surface area (Å²) in [5.74, 6) is -1.61. The predicted molar refractivity (Wildman–Crippen MR) is 298 cm³/mol. The number of anilines is 3. The van der Waals surface area contributed by atoms with E-state index < -0.39 is 41.6 Å². The summed E-state index contributed by atoms with van der Waals surface area (Å²) in [5.41, 5.74) is 8.91. The van der Waals surface area contributed by atoms with Crippen molar-refractivity contribution in [3.8, 4) is 17.2 Å². The summed E-state index contributed by atoms with van der Waals surface area (Å²) >= 11 is 0. The molecule has 0 unspecified atom stereocenters. The van der Waals surface area contributed by atoms with E-state index in [2.05, 4.69) is 27.3 Å². The predicted octanol–water partition coefficient (Wildman–Crippen LogP) is 6.52. The van der Waals surface area contributed by atoms with Crippen LogP contribution in [0.3, 0.4) is 0 Å². The number of ether oxygens (including phenoxy) is 3. The van der Waals surface area contributed by atoms with Gasteiger partial charge in [0.15, 0.2) is 11.5 Å². The van der Waals surface area contributed by atoms with Crippen LogP contribution in [0.15, 0.2) is 108 Å². The van der Waals surface area contributed by atoms with Crippen LogP contribution >= 0.6 is 0 Å². The van der Waals surface area contributed by atoms with E-state index in [-0.39, 0.29) is 69.0 Å². The smallest absolute Gasteiger partial charge is 0.261 e. The number of fused-ring (bicyclic) bond motifs is 8. The molecular formula is C61H62N8O11. The number of methoxy groups -OCH3 is 1. The number of hydrogen-bond acceptors (Lipinski definition) is 12. The van der Waals surface area contributed by atoms with Crippen LogP contribution in [-0.2, 0) is 61.2 Å². The second-order valence-corrected chi connectivity index (χ2v) is 20.7. The molecule has 8 amide bonds. The molecule has 10 rings (SSSR count). The molecule has 19 nitrogen and oxygen atoms in total. The van der Waals surface area contributed by atoms with Gasteiger partial charge in [0, 0.05) is 85.5 Å². The van der Waals surface area contributed by atoms with E-state index >= 15 is 0 Å². The first kappa shape index (κ1) is 54.2. The lowest BCUT2D eigenvalue weighted by atomic mass is 9.98. The number of carbonyl (C=O) groups is 8. The van der Waals surface area contributed by atoms with Crippen LogP contribution in [0.5, 0.6) is 17.2 Å². The molecule has 5 aromatic rings. The average Bonchev–Trinajstić information content (AvgIpc) is 4.18. The van der Waals surface area contributed by atoms with E-state index in [0.29, 0.717) is 76.6 Å². The fourth-order valence-electron chi connectivity index (χ4n) is 10.9. The highest BCUT2D eigenvalue weighted by Gasteiger charge is 2.39. The molecule has 412 valence electrons. The molecule has 19 heteroatoms. The number of carbonyl (C=O) groups excluding carboxylic acids is 8. The van der Waals surface area contributed by atoms with Crippen LogP contribution < -0.4 is 45.3 Å². The lowest BCUT2D eigenvalue weighted by molar-refractivity contribution is -0.137. The molecule has 5 aliphatic heterocycles. The standard InChI is InChI=1S/C61H62N8O11/c1-35-23-46-40(17-18-44-27-41-11-5-7-13-49(41)68(44)60(46)76)29-51(35)79-33-38-24-39(34-80-53-31-48-47(30-52(53)78-4)61(77)69-45(32-63-48)28-42-12-6-8-14-50(42)69)26-43(25-38)66-59(75)37(3)65-58(74)36(2)64-55(71)16-10-9-15-54(70)62-21-22-67-56(72)19-20-57(67)73/h5-8,11-14,19-20,23-26,29-32,36-37,44-45H,9-10,15-18,21-22,27-28,33-34H2,1-4H3,(H,62,70)(H,64,71)(H,65,74)(H,66,75)/t36-,37-,44+,45-/m0/s1. The monoisotopic (exact) mass is 1080 g/mol. The normalized spacial score (nSPS) is 17.2. The van der Waals surface area contributed by atoms with Crippen LogP contribution in [-0.4, -0.2) is 103 Å². The quantitative estimate of drug-likeness (QED) is 0.0484. The highest BCUT2D eigenvalue weighted by molar-refractivity contribution is 6.15. The van der Waals surface area contributed by atoms with E-state index in [0.717, 1.165) is 45.8 Å². The molecule has 0 bridgehead atoms. The van der Waals surface area contributed by atoms with Crippen molar-refractivity contribution in [1.82, 2.24) is 20.9 Å². The number of nitrogens with one attached hydrogen (secondary N) is 4. The molecule has 0 fully saturated rings. The van der Waals surface area contributed by atoms with E-state index in [4.69, 9.17) is 19.2 Å². The van der Waals surface area contributed by atoms with Gasteiger partial charge < -0.3 is 40.4 Å². The second-order valence-electron chi connectivity index (χ2n) is 20.7. The van der Waals surface area contributed by atoms with Crippen molar-refractivity contribution in [3.63, 3.8) is 0 Å². The summed E-state index contributed by atoms with van der Waals surface area (Å²) in [6.45, 7) is 5.18. The number of nitrogens with zero attached hydrogens (tertiary/aromatic N) is 4. The van der Waals surface area contributed by atoms with E-state index in [1.54, 1.807) is 35.4 Å². The minimum absolute atomic E-state index is 0.00752. The van der Waals surface area contributed by atoms with E-state index in [9.17, 15) is 38.4 Å². The maximum Gasteiger partial charge on any atom is 0.261 e. The number of imide groups is 1. The van der Waals surface area contributed by atoms with Gasteiger partial charge in [-0.2, -0.15) is 0 Å². The third-order valence-electron chi connectivity index (χ3n) is 15.0. The summed E-state index contributed by atoms with van der Waals surface area (Å²) < 4.78 is 18.7. The molecule has 0 radical (unpaired) electrons. The first-order valence-electron chi connectivity index (χ1n) is 26.9. The third kappa shape index (κ3) is 11.7. The van der Waals surface area contributed by atoms with Crippen molar-refractivity contribution in [3.05, 3.63) is 148 Å². The number of benzene rings is 5. The zero-order valence-electron chi connectivity index (χ0n) is 45.0. The Balaban J connectivity index is 0.795. The van der Waals surface area contributed by atoms with Crippen LogP contribution in [0.25, 0.3) is 0 Å². The highest BCUT2D eigenvalue weighted by atomic mass is 16.5. The summed E-state index contributed by atoms with van der Waals surface area (Å²) in [5, 5.41) is 10.9. The lowest BCUT2D eigenvalue weighted by Gasteiger charge is -2.23. The van der Waals surface area contributed by atoms with E-state index in [1.165, 1.54) is 38.7 Å². The van der Waals surface area contributed by atoms with Gasteiger partial charge in [0.1, 0.15) is 31.0 Å². The van der Waals surface area contributed by atoms with E-state index in [1.807, 2.05) is 72.5 Å². The first-order valence-corrected chi connectivity index (χ1v) is 26.9.